The summed E-state index contributed by atoms with van der Waals surface area (Å²) in [6.07, 6.45) is 5.02. The van der Waals surface area contributed by atoms with Gasteiger partial charge in [0.15, 0.2) is 11.1 Å². The molecule has 0 radical (unpaired) electrons. The number of fused-ring (bicyclic) bond motifs is 1. The molecule has 3 heterocycles. The fourth-order valence-electron chi connectivity index (χ4n) is 3.30. The van der Waals surface area contributed by atoms with Crippen LogP contribution in [0.4, 0.5) is 5.82 Å². The second-order valence-electron chi connectivity index (χ2n) is 7.48. The number of carbonyl (C=O) groups is 1. The summed E-state index contributed by atoms with van der Waals surface area (Å²) in [5.41, 5.74) is 0.832. The number of ether oxygens (including phenoxy) is 1. The van der Waals surface area contributed by atoms with Gasteiger partial charge in [-0.15, -0.1) is 0 Å². The van der Waals surface area contributed by atoms with E-state index in [1.54, 1.807) is 28.8 Å². The molecule has 1 fully saturated rings. The van der Waals surface area contributed by atoms with E-state index in [9.17, 15) is 14.7 Å². The van der Waals surface area contributed by atoms with Crippen LogP contribution in [0.2, 0.25) is 5.02 Å². The van der Waals surface area contributed by atoms with Crippen LogP contribution in [0, 0.1) is 0 Å². The first-order valence-corrected chi connectivity index (χ1v) is 10.4. The van der Waals surface area contributed by atoms with E-state index in [0.717, 1.165) is 12.8 Å². The lowest BCUT2D eigenvalue weighted by Crippen LogP contribution is -2.22. The molecule has 0 unspecified atom stereocenters. The zero-order valence-electron chi connectivity index (χ0n) is 17.3. The van der Waals surface area contributed by atoms with Crippen molar-refractivity contribution in [3.8, 4) is 11.6 Å². The molecule has 1 aliphatic carbocycles. The first kappa shape index (κ1) is 20.8. The maximum absolute atomic E-state index is 12.9. The lowest BCUT2D eigenvalue weighted by atomic mass is 10.2. The topological polar surface area (TPSA) is 150 Å². The van der Waals surface area contributed by atoms with E-state index in [4.69, 9.17) is 16.3 Å². The maximum atomic E-state index is 12.9. The monoisotopic (exact) mass is 467 g/mol. The van der Waals surface area contributed by atoms with Crippen LogP contribution in [0.25, 0.3) is 11.7 Å². The molecule has 33 heavy (non-hydrogen) atoms. The molecule has 4 aromatic rings. The summed E-state index contributed by atoms with van der Waals surface area (Å²) in [5, 5.41) is 18.0. The molecule has 1 amide bonds. The molecule has 5 rings (SSSR count). The van der Waals surface area contributed by atoms with E-state index in [2.05, 4.69) is 30.4 Å². The van der Waals surface area contributed by atoms with Crippen molar-refractivity contribution in [2.45, 2.75) is 18.9 Å². The van der Waals surface area contributed by atoms with Crippen LogP contribution in [-0.2, 0) is 0 Å². The highest BCUT2D eigenvalue weighted by Crippen LogP contribution is 2.24. The van der Waals surface area contributed by atoms with Gasteiger partial charge in [-0.2, -0.15) is 9.61 Å². The molecule has 1 aromatic carbocycles. The van der Waals surface area contributed by atoms with Crippen LogP contribution in [0.3, 0.4) is 0 Å². The summed E-state index contributed by atoms with van der Waals surface area (Å²) >= 11 is 5.99. The molecule has 1 aliphatic rings. The highest BCUT2D eigenvalue weighted by molar-refractivity contribution is 6.31. The van der Waals surface area contributed by atoms with Crippen LogP contribution < -0.4 is 26.4 Å². The van der Waals surface area contributed by atoms with Crippen LogP contribution in [0.1, 0.15) is 28.9 Å². The molecule has 12 heteroatoms. The van der Waals surface area contributed by atoms with Gasteiger partial charge in [0.05, 0.1) is 24.9 Å². The number of carbonyl (C=O) groups excluding carboxylic acids is 1. The smallest absolute Gasteiger partial charge is 0.326 e. The number of methoxy groups -OCH3 is 1. The Morgan fingerprint density at radius 2 is 2.18 bits per heavy atom. The average molecular weight is 468 g/mol. The number of aromatic nitrogens is 5. The molecule has 3 aromatic heterocycles. The van der Waals surface area contributed by atoms with Crippen molar-refractivity contribution in [3.05, 3.63) is 67.9 Å². The summed E-state index contributed by atoms with van der Waals surface area (Å²) in [7, 11) is 1.45. The summed E-state index contributed by atoms with van der Waals surface area (Å²) < 4.78 is 6.81. The number of halogens is 1. The Morgan fingerprint density at radius 1 is 1.36 bits per heavy atom. The van der Waals surface area contributed by atoms with E-state index in [0.29, 0.717) is 32.7 Å². The maximum Gasteiger partial charge on any atom is 0.326 e. The number of hydrogen-bond donors (Lipinski definition) is 4. The molecule has 0 bridgehead atoms. The van der Waals surface area contributed by atoms with Gasteiger partial charge in [-0.05, 0) is 37.1 Å². The first-order chi connectivity index (χ1) is 15.9. The summed E-state index contributed by atoms with van der Waals surface area (Å²) in [6, 6.07) is 6.54. The Bertz CT molecular complexity index is 1570. The number of hydrogen-bond acceptors (Lipinski definition) is 7. The van der Waals surface area contributed by atoms with Gasteiger partial charge in [-0.25, -0.2) is 9.78 Å². The van der Waals surface area contributed by atoms with Gasteiger partial charge in [-0.1, -0.05) is 11.6 Å². The third-order valence-corrected chi connectivity index (χ3v) is 5.26. The Labute approximate surface area is 190 Å². The van der Waals surface area contributed by atoms with Crippen molar-refractivity contribution in [2.75, 3.05) is 12.4 Å². The number of benzene rings is 1. The minimum Gasteiger partial charge on any atom is -0.496 e. The van der Waals surface area contributed by atoms with Gasteiger partial charge in [0.1, 0.15) is 17.3 Å². The Morgan fingerprint density at radius 3 is 2.88 bits per heavy atom. The van der Waals surface area contributed by atoms with Gasteiger partial charge in [-0.3, -0.25) is 14.8 Å². The van der Waals surface area contributed by atoms with Crippen LogP contribution >= 0.6 is 11.6 Å². The van der Waals surface area contributed by atoms with Gasteiger partial charge in [0.25, 0.3) is 5.91 Å². The molecule has 168 valence electrons. The minimum atomic E-state index is -0.544. The summed E-state index contributed by atoms with van der Waals surface area (Å²) in [4.78, 5) is 38.3. The molecule has 0 spiro atoms. The van der Waals surface area contributed by atoms with Crippen LogP contribution in [-0.4, -0.2) is 48.7 Å². The number of anilines is 1. The van der Waals surface area contributed by atoms with Gasteiger partial charge >= 0.3 is 5.69 Å². The van der Waals surface area contributed by atoms with Gasteiger partial charge < -0.3 is 20.1 Å². The lowest BCUT2D eigenvalue weighted by molar-refractivity contribution is 0.102. The number of aromatic hydroxyl groups is 1. The van der Waals surface area contributed by atoms with E-state index in [1.807, 2.05) is 0 Å². The highest BCUT2D eigenvalue weighted by atomic mass is 35.5. The minimum absolute atomic E-state index is 0.178. The second-order valence-corrected chi connectivity index (χ2v) is 7.92. The molecular formula is C21H18ClN7O4. The molecular weight excluding hydrogens is 450 g/mol. The van der Waals surface area contributed by atoms with E-state index in [-0.39, 0.29) is 23.4 Å². The van der Waals surface area contributed by atoms with E-state index < -0.39 is 11.6 Å². The predicted molar refractivity (Wildman–Crippen MR) is 119 cm³/mol. The fraction of sp³-hybridized carbons (Fsp3) is 0.190. The van der Waals surface area contributed by atoms with Crippen molar-refractivity contribution in [1.82, 2.24) is 24.6 Å². The van der Waals surface area contributed by atoms with Crippen molar-refractivity contribution >= 4 is 35.0 Å². The van der Waals surface area contributed by atoms with E-state index in [1.165, 1.54) is 19.4 Å². The number of nitrogens with zero attached hydrogens (tertiary/aromatic N) is 4. The van der Waals surface area contributed by atoms with Crippen LogP contribution in [0.5, 0.6) is 11.6 Å². The number of aromatic amines is 2. The molecule has 4 N–H and O–H groups in total. The lowest BCUT2D eigenvalue weighted by Gasteiger charge is -2.09. The van der Waals surface area contributed by atoms with Crippen molar-refractivity contribution < 1.29 is 14.6 Å². The molecule has 0 atom stereocenters. The zero-order valence-corrected chi connectivity index (χ0v) is 18.1. The van der Waals surface area contributed by atoms with Gasteiger partial charge in [0.2, 0.25) is 5.88 Å². The summed E-state index contributed by atoms with van der Waals surface area (Å²) in [5.74, 6) is -0.156. The Balaban J connectivity index is 1.62. The normalized spacial score (nSPS) is 14.7. The van der Waals surface area contributed by atoms with Crippen molar-refractivity contribution in [2.24, 2.45) is 4.99 Å². The van der Waals surface area contributed by atoms with Crippen molar-refractivity contribution in [1.29, 1.82) is 0 Å². The number of nitrogens with one attached hydrogen (secondary N) is 3. The van der Waals surface area contributed by atoms with Gasteiger partial charge in [0, 0.05) is 16.3 Å². The predicted octanol–water partition coefficient (Wildman–Crippen LogP) is 0.976. The summed E-state index contributed by atoms with van der Waals surface area (Å²) in [6.45, 7) is 0. The largest absolute Gasteiger partial charge is 0.496 e. The molecule has 11 nitrogen and oxygen atoms in total. The third kappa shape index (κ3) is 4.17. The second kappa shape index (κ2) is 8.10. The number of imidazole rings is 1. The quantitative estimate of drug-likeness (QED) is 0.343. The van der Waals surface area contributed by atoms with E-state index >= 15 is 0 Å². The Hall–Kier alpha value is -4.12. The number of H-pyrrole nitrogens is 2. The third-order valence-electron chi connectivity index (χ3n) is 5.03. The standard InChI is InChI=1S/C21H18ClN7O4/c1-33-15-7-11(22)2-5-13(15)19(30)27-16-8-17(24-12-3-4-12)29-18(26-16)10(9-23-29)6-14-20(31)28-21(32)25-14/h2,5-9,12,31H,3-4H2,1H3,(H,27,30)(H2,25,28,32). The number of rotatable bonds is 5. The molecule has 1 saturated carbocycles. The van der Waals surface area contributed by atoms with Crippen LogP contribution in [0.15, 0.2) is 40.2 Å². The highest BCUT2D eigenvalue weighted by Gasteiger charge is 2.21. The number of amides is 1. The average Bonchev–Trinajstić information content (AvgIpc) is 3.42. The fourth-order valence-corrected chi connectivity index (χ4v) is 3.46. The van der Waals surface area contributed by atoms with Crippen molar-refractivity contribution in [3.63, 3.8) is 0 Å². The zero-order chi connectivity index (χ0) is 23.1. The first-order valence-electron chi connectivity index (χ1n) is 10.0. The molecule has 0 aliphatic heterocycles. The SMILES string of the molecule is COc1cc(Cl)ccc1C(=O)Nc1cc(=NC2CC2)n2ncc(=Cc3[nH]c(=O)[nH]c3O)c2n1. The Kier molecular flexibility index (Phi) is 5.09. The molecule has 0 saturated heterocycles.